The Morgan fingerprint density at radius 2 is 1.82 bits per heavy atom. The average Bonchev–Trinajstić information content (AvgIpc) is 3.21. The quantitative estimate of drug-likeness (QED) is 0.736. The zero-order chi connectivity index (χ0) is 19.7. The van der Waals surface area contributed by atoms with E-state index in [-0.39, 0.29) is 5.91 Å². The molecule has 0 unspecified atom stereocenters. The molecule has 0 fully saturated rings. The van der Waals surface area contributed by atoms with Crippen molar-refractivity contribution in [2.45, 2.75) is 12.8 Å². The van der Waals surface area contributed by atoms with Crippen molar-refractivity contribution in [2.24, 2.45) is 0 Å². The van der Waals surface area contributed by atoms with Gasteiger partial charge in [-0.2, -0.15) is 0 Å². The molecule has 0 atom stereocenters. The van der Waals surface area contributed by atoms with Crippen LogP contribution < -0.4 is 9.62 Å². The number of sulfonamides is 1. The van der Waals surface area contributed by atoms with Crippen LogP contribution >= 0.6 is 0 Å². The van der Waals surface area contributed by atoms with E-state index in [4.69, 9.17) is 0 Å². The summed E-state index contributed by atoms with van der Waals surface area (Å²) < 4.78 is 27.5. The Bertz CT molecular complexity index is 1120. The summed E-state index contributed by atoms with van der Waals surface area (Å²) >= 11 is 0. The Morgan fingerprint density at radius 1 is 1.04 bits per heavy atom. The first kappa shape index (κ1) is 18.3. The molecule has 4 rings (SSSR count). The second-order valence-corrected chi connectivity index (χ2v) is 8.78. The van der Waals surface area contributed by atoms with E-state index in [9.17, 15) is 13.2 Å². The third-order valence-electron chi connectivity index (χ3n) is 4.83. The number of hydrogen-bond acceptors (Lipinski definition) is 3. The van der Waals surface area contributed by atoms with Crippen molar-refractivity contribution >= 4 is 27.3 Å². The van der Waals surface area contributed by atoms with E-state index >= 15 is 0 Å². The van der Waals surface area contributed by atoms with Gasteiger partial charge in [0.25, 0.3) is 5.91 Å². The Kier molecular flexibility index (Phi) is 4.68. The second kappa shape index (κ2) is 7.16. The van der Waals surface area contributed by atoms with E-state index in [1.54, 1.807) is 12.1 Å². The van der Waals surface area contributed by atoms with Crippen LogP contribution in [0.15, 0.2) is 67.0 Å². The highest BCUT2D eigenvalue weighted by Crippen LogP contribution is 2.31. The maximum Gasteiger partial charge on any atom is 0.255 e. The van der Waals surface area contributed by atoms with E-state index < -0.39 is 10.0 Å². The molecule has 0 saturated heterocycles. The number of rotatable bonds is 4. The molecule has 1 aliphatic rings. The number of carbonyl (C=O) groups is 1. The van der Waals surface area contributed by atoms with Crippen molar-refractivity contribution < 1.29 is 13.2 Å². The molecule has 2 heterocycles. The Morgan fingerprint density at radius 3 is 2.57 bits per heavy atom. The number of anilines is 2. The highest BCUT2D eigenvalue weighted by molar-refractivity contribution is 7.92. The van der Waals surface area contributed by atoms with Gasteiger partial charge in [-0.3, -0.25) is 9.10 Å². The molecule has 3 aromatic rings. The van der Waals surface area contributed by atoms with Crippen LogP contribution in [0.1, 0.15) is 22.3 Å². The van der Waals surface area contributed by atoms with E-state index in [1.807, 2.05) is 59.4 Å². The SMILES string of the molecule is CS(=O)(=O)N1CCCc2ccc(NC(=O)c3cccc(-n4cccc4)c3)cc21. The number of nitrogens with zero attached hydrogens (tertiary/aromatic N) is 2. The fraction of sp³-hybridized carbons (Fsp3) is 0.190. The molecule has 2 aromatic carbocycles. The summed E-state index contributed by atoms with van der Waals surface area (Å²) in [6, 6.07) is 16.6. The van der Waals surface area contributed by atoms with Gasteiger partial charge < -0.3 is 9.88 Å². The van der Waals surface area contributed by atoms with Crippen LogP contribution in [0.4, 0.5) is 11.4 Å². The number of benzene rings is 2. The lowest BCUT2D eigenvalue weighted by molar-refractivity contribution is 0.102. The second-order valence-electron chi connectivity index (χ2n) is 6.88. The molecule has 0 spiro atoms. The minimum atomic E-state index is -3.35. The summed E-state index contributed by atoms with van der Waals surface area (Å²) in [4.78, 5) is 12.7. The number of aromatic nitrogens is 1. The molecule has 0 aliphatic carbocycles. The molecule has 1 aliphatic heterocycles. The van der Waals surface area contributed by atoms with E-state index in [1.165, 1.54) is 10.6 Å². The van der Waals surface area contributed by atoms with Crippen molar-refractivity contribution in [2.75, 3.05) is 22.4 Å². The number of hydrogen-bond donors (Lipinski definition) is 1. The largest absolute Gasteiger partial charge is 0.324 e. The maximum absolute atomic E-state index is 12.7. The monoisotopic (exact) mass is 395 g/mol. The van der Waals surface area contributed by atoms with Gasteiger partial charge in [-0.25, -0.2) is 8.42 Å². The Balaban J connectivity index is 1.60. The lowest BCUT2D eigenvalue weighted by Gasteiger charge is -2.29. The van der Waals surface area contributed by atoms with Gasteiger partial charge in [-0.15, -0.1) is 0 Å². The zero-order valence-electron chi connectivity index (χ0n) is 15.5. The summed E-state index contributed by atoms with van der Waals surface area (Å²) in [5.41, 5.74) is 3.62. The third kappa shape index (κ3) is 3.66. The number of fused-ring (bicyclic) bond motifs is 1. The molecule has 0 radical (unpaired) electrons. The van der Waals surface area contributed by atoms with Crippen molar-refractivity contribution in [1.82, 2.24) is 4.57 Å². The molecule has 6 nitrogen and oxygen atoms in total. The standard InChI is InChI=1S/C21H21N3O3S/c1-28(26,27)24-13-5-7-16-9-10-18(15-20(16)24)22-21(25)17-6-4-8-19(14-17)23-11-2-3-12-23/h2-4,6,8-12,14-15H,5,7,13H2,1H3,(H,22,25). The number of carbonyl (C=O) groups excluding carboxylic acids is 1. The summed E-state index contributed by atoms with van der Waals surface area (Å²) in [6.45, 7) is 0.460. The topological polar surface area (TPSA) is 71.4 Å². The summed E-state index contributed by atoms with van der Waals surface area (Å²) in [6.07, 6.45) is 6.66. The lowest BCUT2D eigenvalue weighted by atomic mass is 10.0. The van der Waals surface area contributed by atoms with Crippen LogP contribution in [0.25, 0.3) is 5.69 Å². The number of aryl methyl sites for hydroxylation is 1. The normalized spacial score (nSPS) is 13.8. The molecule has 144 valence electrons. The Labute approximate surface area is 164 Å². The predicted octanol–water partition coefficient (Wildman–Crippen LogP) is 3.44. The molecule has 1 amide bonds. The van der Waals surface area contributed by atoms with Gasteiger partial charge in [-0.1, -0.05) is 12.1 Å². The van der Waals surface area contributed by atoms with Gasteiger partial charge in [0, 0.05) is 35.9 Å². The number of nitrogens with one attached hydrogen (secondary N) is 1. The van der Waals surface area contributed by atoms with Crippen molar-refractivity contribution in [3.63, 3.8) is 0 Å². The lowest BCUT2D eigenvalue weighted by Crippen LogP contribution is -2.34. The fourth-order valence-electron chi connectivity index (χ4n) is 3.48. The summed E-state index contributed by atoms with van der Waals surface area (Å²) in [7, 11) is -3.35. The minimum absolute atomic E-state index is 0.240. The highest BCUT2D eigenvalue weighted by Gasteiger charge is 2.24. The van der Waals surface area contributed by atoms with Gasteiger partial charge in [-0.05, 0) is 60.9 Å². The van der Waals surface area contributed by atoms with Crippen LogP contribution in [-0.2, 0) is 16.4 Å². The number of amides is 1. The van der Waals surface area contributed by atoms with E-state index in [0.717, 1.165) is 24.1 Å². The molecule has 1 aromatic heterocycles. The summed E-state index contributed by atoms with van der Waals surface area (Å²) in [5.74, 6) is -0.240. The first-order valence-corrected chi connectivity index (χ1v) is 10.9. The van der Waals surface area contributed by atoms with Crippen LogP contribution in [0.5, 0.6) is 0 Å². The predicted molar refractivity (Wildman–Crippen MR) is 111 cm³/mol. The Hall–Kier alpha value is -3.06. The van der Waals surface area contributed by atoms with Crippen molar-refractivity contribution in [3.8, 4) is 5.69 Å². The van der Waals surface area contributed by atoms with Gasteiger partial charge in [0.05, 0.1) is 11.9 Å². The maximum atomic E-state index is 12.7. The molecule has 7 heteroatoms. The molecular weight excluding hydrogens is 374 g/mol. The smallest absolute Gasteiger partial charge is 0.255 e. The van der Waals surface area contributed by atoms with Crippen LogP contribution in [0.2, 0.25) is 0 Å². The van der Waals surface area contributed by atoms with Crippen LogP contribution in [-0.4, -0.2) is 31.7 Å². The third-order valence-corrected chi connectivity index (χ3v) is 6.01. The molecule has 0 saturated carbocycles. The van der Waals surface area contributed by atoms with Gasteiger partial charge in [0.15, 0.2) is 0 Å². The molecular formula is C21H21N3O3S. The fourth-order valence-corrected chi connectivity index (χ4v) is 4.47. The van der Waals surface area contributed by atoms with Gasteiger partial charge >= 0.3 is 0 Å². The van der Waals surface area contributed by atoms with Crippen molar-refractivity contribution in [1.29, 1.82) is 0 Å². The van der Waals surface area contributed by atoms with Crippen molar-refractivity contribution in [3.05, 3.63) is 78.1 Å². The average molecular weight is 395 g/mol. The minimum Gasteiger partial charge on any atom is -0.324 e. The van der Waals surface area contributed by atoms with Gasteiger partial charge in [0.1, 0.15) is 0 Å². The van der Waals surface area contributed by atoms with E-state index in [2.05, 4.69) is 5.32 Å². The zero-order valence-corrected chi connectivity index (χ0v) is 16.3. The van der Waals surface area contributed by atoms with E-state index in [0.29, 0.717) is 23.5 Å². The first-order valence-electron chi connectivity index (χ1n) is 9.07. The van der Waals surface area contributed by atoms with Crippen LogP contribution in [0.3, 0.4) is 0 Å². The summed E-state index contributed by atoms with van der Waals surface area (Å²) in [5, 5.41) is 2.88. The molecule has 28 heavy (non-hydrogen) atoms. The van der Waals surface area contributed by atoms with Crippen LogP contribution in [0, 0.1) is 0 Å². The molecule has 0 bridgehead atoms. The highest BCUT2D eigenvalue weighted by atomic mass is 32.2. The molecule has 1 N–H and O–H groups in total. The van der Waals surface area contributed by atoms with Gasteiger partial charge in [0.2, 0.25) is 10.0 Å². The first-order chi connectivity index (χ1) is 13.4.